The minimum Gasteiger partial charge on any atom is -0.450 e. The van der Waals surface area contributed by atoms with Gasteiger partial charge in [0, 0.05) is 38.8 Å². The number of nitrogens with one attached hydrogen (secondary N) is 3. The zero-order valence-electron chi connectivity index (χ0n) is 16.5. The van der Waals surface area contributed by atoms with Crippen LogP contribution in [0.3, 0.4) is 0 Å². The fourth-order valence-electron chi connectivity index (χ4n) is 3.25. The van der Waals surface area contributed by atoms with Gasteiger partial charge in [0.2, 0.25) is 0 Å². The summed E-state index contributed by atoms with van der Waals surface area (Å²) < 4.78 is 4.86. The van der Waals surface area contributed by atoms with Gasteiger partial charge in [-0.2, -0.15) is 0 Å². The van der Waals surface area contributed by atoms with Crippen LogP contribution >= 0.6 is 11.3 Å². The van der Waals surface area contributed by atoms with Crippen LogP contribution in [0.1, 0.15) is 23.0 Å². The molecule has 4 rings (SSSR count). The summed E-state index contributed by atoms with van der Waals surface area (Å²) in [6.45, 7) is 4.01. The van der Waals surface area contributed by atoms with Crippen molar-refractivity contribution in [1.82, 2.24) is 9.97 Å². The predicted octanol–water partition coefficient (Wildman–Crippen LogP) is 5.42. The molecule has 0 saturated carbocycles. The van der Waals surface area contributed by atoms with Gasteiger partial charge < -0.3 is 9.72 Å². The Labute approximate surface area is 177 Å². The van der Waals surface area contributed by atoms with Crippen molar-refractivity contribution < 1.29 is 14.3 Å². The zero-order chi connectivity index (χ0) is 21.1. The van der Waals surface area contributed by atoms with E-state index in [2.05, 4.69) is 20.6 Å². The number of thiazole rings is 1. The Balaban J connectivity index is 1.52. The quantitative estimate of drug-likeness (QED) is 0.402. The highest BCUT2D eigenvalue weighted by molar-refractivity contribution is 7.14. The number of aromatic nitrogens is 2. The number of rotatable bonds is 5. The van der Waals surface area contributed by atoms with Gasteiger partial charge in [-0.05, 0) is 38.1 Å². The largest absolute Gasteiger partial charge is 0.450 e. The first-order chi connectivity index (χ1) is 14.5. The van der Waals surface area contributed by atoms with Crippen LogP contribution in [0.15, 0.2) is 53.9 Å². The Hall–Kier alpha value is -3.65. The highest BCUT2D eigenvalue weighted by Gasteiger charge is 2.15. The van der Waals surface area contributed by atoms with Gasteiger partial charge in [-0.15, -0.1) is 11.3 Å². The fourth-order valence-corrected chi connectivity index (χ4v) is 3.94. The lowest BCUT2D eigenvalue weighted by atomic mass is 10.1. The van der Waals surface area contributed by atoms with Gasteiger partial charge in [-0.1, -0.05) is 24.3 Å². The van der Waals surface area contributed by atoms with Crippen molar-refractivity contribution in [2.45, 2.75) is 13.8 Å². The summed E-state index contributed by atoms with van der Waals surface area (Å²) in [7, 11) is 0. The third-order valence-corrected chi connectivity index (χ3v) is 5.28. The molecule has 0 aliphatic carbocycles. The Morgan fingerprint density at radius 1 is 1.13 bits per heavy atom. The van der Waals surface area contributed by atoms with E-state index in [0.29, 0.717) is 16.4 Å². The lowest BCUT2D eigenvalue weighted by Crippen LogP contribution is -2.15. The molecule has 0 bridgehead atoms. The van der Waals surface area contributed by atoms with Crippen LogP contribution in [0.2, 0.25) is 0 Å². The molecule has 3 N–H and O–H groups in total. The van der Waals surface area contributed by atoms with E-state index in [-0.39, 0.29) is 12.5 Å². The molecule has 2 aromatic carbocycles. The van der Waals surface area contributed by atoms with Crippen molar-refractivity contribution in [2.75, 3.05) is 17.2 Å². The number of amides is 2. The van der Waals surface area contributed by atoms with Crippen LogP contribution in [0, 0.1) is 6.92 Å². The second kappa shape index (κ2) is 8.38. The molecule has 0 aliphatic rings. The maximum atomic E-state index is 12.7. The van der Waals surface area contributed by atoms with Gasteiger partial charge >= 0.3 is 6.09 Å². The number of para-hydroxylation sites is 1. The van der Waals surface area contributed by atoms with Crippen LogP contribution in [0.5, 0.6) is 0 Å². The molecule has 0 aliphatic heterocycles. The molecule has 2 aromatic heterocycles. The summed E-state index contributed by atoms with van der Waals surface area (Å²) in [5.74, 6) is -0.306. The lowest BCUT2D eigenvalue weighted by molar-refractivity contribution is 0.102. The van der Waals surface area contributed by atoms with Crippen molar-refractivity contribution in [3.05, 3.63) is 65.2 Å². The Morgan fingerprint density at radius 3 is 2.80 bits per heavy atom. The Kier molecular flexibility index (Phi) is 5.49. The van der Waals surface area contributed by atoms with E-state index in [1.165, 1.54) is 11.3 Å². The second-order valence-corrected chi connectivity index (χ2v) is 7.45. The van der Waals surface area contributed by atoms with Crippen molar-refractivity contribution in [3.63, 3.8) is 0 Å². The molecule has 152 valence electrons. The summed E-state index contributed by atoms with van der Waals surface area (Å²) in [6, 6.07) is 14.7. The van der Waals surface area contributed by atoms with E-state index in [1.807, 2.05) is 36.6 Å². The number of carbonyl (C=O) groups excluding carboxylic acids is 2. The van der Waals surface area contributed by atoms with Crippen molar-refractivity contribution >= 4 is 45.1 Å². The summed E-state index contributed by atoms with van der Waals surface area (Å²) >= 11 is 1.36. The molecule has 8 heteroatoms. The molecule has 30 heavy (non-hydrogen) atoms. The molecule has 0 spiro atoms. The number of hydrogen-bond donors (Lipinski definition) is 3. The number of aromatic amines is 1. The molecular formula is C22H20N4O3S. The molecule has 0 fully saturated rings. The topological polar surface area (TPSA) is 96.1 Å². The van der Waals surface area contributed by atoms with E-state index in [1.54, 1.807) is 31.2 Å². The highest BCUT2D eigenvalue weighted by atomic mass is 32.1. The zero-order valence-corrected chi connectivity index (χ0v) is 17.3. The van der Waals surface area contributed by atoms with Gasteiger partial charge in [0.15, 0.2) is 5.13 Å². The van der Waals surface area contributed by atoms with Gasteiger partial charge in [0.05, 0.1) is 12.3 Å². The van der Waals surface area contributed by atoms with Crippen LogP contribution in [-0.2, 0) is 4.74 Å². The number of nitrogens with zero attached hydrogens (tertiary/aromatic N) is 1. The van der Waals surface area contributed by atoms with E-state index in [0.717, 1.165) is 27.9 Å². The van der Waals surface area contributed by atoms with Crippen molar-refractivity contribution in [1.29, 1.82) is 0 Å². The van der Waals surface area contributed by atoms with Crippen LogP contribution in [0.25, 0.3) is 22.2 Å². The minimum atomic E-state index is -0.561. The van der Waals surface area contributed by atoms with Gasteiger partial charge in [-0.25, -0.2) is 9.78 Å². The second-order valence-electron chi connectivity index (χ2n) is 6.59. The molecule has 0 atom stereocenters. The number of benzene rings is 2. The normalized spacial score (nSPS) is 10.7. The Morgan fingerprint density at radius 2 is 1.97 bits per heavy atom. The van der Waals surface area contributed by atoms with Gasteiger partial charge in [0.25, 0.3) is 5.91 Å². The summed E-state index contributed by atoms with van der Waals surface area (Å²) in [4.78, 5) is 32.2. The number of ether oxygens (including phenoxy) is 1. The smallest absolute Gasteiger partial charge is 0.411 e. The SMILES string of the molecule is CCOC(=O)Nc1cccc(C(=O)Nc2nc(-c3c(C)[nH]c4ccccc34)cs2)c1. The first-order valence-corrected chi connectivity index (χ1v) is 10.3. The van der Waals surface area contributed by atoms with Crippen molar-refractivity contribution in [2.24, 2.45) is 0 Å². The molecule has 4 aromatic rings. The average molecular weight is 420 g/mol. The number of anilines is 2. The molecule has 2 amide bonds. The molecule has 0 radical (unpaired) electrons. The summed E-state index contributed by atoms with van der Waals surface area (Å²) in [5.41, 5.74) is 4.80. The Bertz CT molecular complexity index is 1230. The maximum absolute atomic E-state index is 12.7. The summed E-state index contributed by atoms with van der Waals surface area (Å²) in [5, 5.41) is 8.94. The molecule has 7 nitrogen and oxygen atoms in total. The van der Waals surface area contributed by atoms with E-state index >= 15 is 0 Å². The average Bonchev–Trinajstić information content (AvgIpc) is 3.31. The summed E-state index contributed by atoms with van der Waals surface area (Å²) in [6.07, 6.45) is -0.561. The monoisotopic (exact) mass is 420 g/mol. The van der Waals surface area contributed by atoms with E-state index in [4.69, 9.17) is 4.74 Å². The lowest BCUT2D eigenvalue weighted by Gasteiger charge is -2.07. The van der Waals surface area contributed by atoms with E-state index in [9.17, 15) is 9.59 Å². The molecule has 0 saturated heterocycles. The molecular weight excluding hydrogens is 400 g/mol. The van der Waals surface area contributed by atoms with Crippen LogP contribution in [-0.4, -0.2) is 28.6 Å². The van der Waals surface area contributed by atoms with Crippen LogP contribution in [0.4, 0.5) is 15.6 Å². The molecule has 2 heterocycles. The fraction of sp³-hybridized carbons (Fsp3) is 0.136. The maximum Gasteiger partial charge on any atom is 0.411 e. The predicted molar refractivity (Wildman–Crippen MR) is 119 cm³/mol. The standard InChI is InChI=1S/C22H20N4O3S/c1-3-29-22(28)24-15-8-6-7-14(11-15)20(27)26-21-25-18(12-30-21)19-13(2)23-17-10-5-4-9-16(17)19/h4-12,23H,3H2,1-2H3,(H,24,28)(H,25,26,27). The van der Waals surface area contributed by atoms with Gasteiger partial charge in [0.1, 0.15) is 0 Å². The number of aryl methyl sites for hydroxylation is 1. The highest BCUT2D eigenvalue weighted by Crippen LogP contribution is 2.34. The van der Waals surface area contributed by atoms with E-state index < -0.39 is 6.09 Å². The van der Waals surface area contributed by atoms with Crippen molar-refractivity contribution in [3.8, 4) is 11.3 Å². The first-order valence-electron chi connectivity index (χ1n) is 9.43. The third kappa shape index (κ3) is 4.04. The number of carbonyl (C=O) groups is 2. The minimum absolute atomic E-state index is 0.272. The number of fused-ring (bicyclic) bond motifs is 1. The molecule has 0 unspecified atom stereocenters. The number of hydrogen-bond acceptors (Lipinski definition) is 5. The first kappa shape index (κ1) is 19.7. The van der Waals surface area contributed by atoms with Gasteiger partial charge in [-0.3, -0.25) is 15.4 Å². The van der Waals surface area contributed by atoms with Crippen LogP contribution < -0.4 is 10.6 Å². The third-order valence-electron chi connectivity index (χ3n) is 4.52. The number of H-pyrrole nitrogens is 1.